The first-order valence-corrected chi connectivity index (χ1v) is 7.19. The molecule has 2 heteroatoms. The Kier molecular flexibility index (Phi) is 4.22. The van der Waals surface area contributed by atoms with Crippen LogP contribution in [0.4, 0.5) is 0 Å². The van der Waals surface area contributed by atoms with Crippen molar-refractivity contribution in [3.8, 4) is 11.5 Å². The van der Waals surface area contributed by atoms with E-state index >= 15 is 0 Å². The Balaban J connectivity index is 2.77. The molecule has 0 saturated heterocycles. The van der Waals surface area contributed by atoms with E-state index in [1.165, 1.54) is 5.56 Å². The third-order valence-electron chi connectivity index (χ3n) is 3.99. The maximum atomic E-state index is 5.74. The highest BCUT2D eigenvalue weighted by Crippen LogP contribution is 2.43. The smallest absolute Gasteiger partial charge is 0.130 e. The molecule has 108 valence electrons. The van der Waals surface area contributed by atoms with Gasteiger partial charge in [-0.1, -0.05) is 51.5 Å². The van der Waals surface area contributed by atoms with Gasteiger partial charge in [0.15, 0.2) is 0 Å². The summed E-state index contributed by atoms with van der Waals surface area (Å²) in [5.74, 6) is 1.89. The van der Waals surface area contributed by atoms with Crippen molar-refractivity contribution in [2.45, 2.75) is 39.0 Å². The molecule has 2 aromatic rings. The van der Waals surface area contributed by atoms with E-state index in [9.17, 15) is 0 Å². The predicted octanol–water partition coefficient (Wildman–Crippen LogP) is 4.93. The fraction of sp³-hybridized carbons (Fsp3) is 0.444. The first-order chi connectivity index (χ1) is 9.55. The molecule has 20 heavy (non-hydrogen) atoms. The number of hydrogen-bond donors (Lipinski definition) is 0. The zero-order valence-electron chi connectivity index (χ0n) is 13.1. The van der Waals surface area contributed by atoms with Crippen molar-refractivity contribution in [1.82, 2.24) is 0 Å². The molecule has 0 fully saturated rings. The fourth-order valence-corrected chi connectivity index (χ4v) is 2.97. The van der Waals surface area contributed by atoms with Crippen molar-refractivity contribution >= 4 is 10.8 Å². The van der Waals surface area contributed by atoms with Crippen LogP contribution in [0.2, 0.25) is 0 Å². The van der Waals surface area contributed by atoms with Gasteiger partial charge in [-0.05, 0) is 17.9 Å². The number of hydrogen-bond acceptors (Lipinski definition) is 2. The van der Waals surface area contributed by atoms with Crippen LogP contribution < -0.4 is 9.47 Å². The van der Waals surface area contributed by atoms with Crippen LogP contribution in [-0.2, 0) is 5.41 Å². The SMILES string of the molecule is CCCC(C)(C)c1cc(OC)c2ccccc2c1OC. The highest BCUT2D eigenvalue weighted by atomic mass is 16.5. The molecule has 2 nitrogen and oxygen atoms in total. The van der Waals surface area contributed by atoms with Crippen molar-refractivity contribution < 1.29 is 9.47 Å². The van der Waals surface area contributed by atoms with E-state index in [1.807, 2.05) is 12.1 Å². The number of methoxy groups -OCH3 is 2. The van der Waals surface area contributed by atoms with Gasteiger partial charge >= 0.3 is 0 Å². The minimum absolute atomic E-state index is 0.0669. The van der Waals surface area contributed by atoms with E-state index in [0.29, 0.717) is 0 Å². The summed E-state index contributed by atoms with van der Waals surface area (Å²) in [6, 6.07) is 10.4. The van der Waals surface area contributed by atoms with Gasteiger partial charge in [-0.3, -0.25) is 0 Å². The molecule has 0 N–H and O–H groups in total. The summed E-state index contributed by atoms with van der Waals surface area (Å²) in [6.07, 6.45) is 2.26. The van der Waals surface area contributed by atoms with E-state index in [0.717, 1.165) is 35.1 Å². The molecule has 0 saturated carbocycles. The second-order valence-corrected chi connectivity index (χ2v) is 5.84. The second kappa shape index (κ2) is 5.74. The van der Waals surface area contributed by atoms with Crippen molar-refractivity contribution in [2.24, 2.45) is 0 Å². The van der Waals surface area contributed by atoms with Crippen molar-refractivity contribution in [2.75, 3.05) is 14.2 Å². The maximum Gasteiger partial charge on any atom is 0.130 e. The molecule has 0 unspecified atom stereocenters. The molecule has 0 aliphatic heterocycles. The van der Waals surface area contributed by atoms with Gasteiger partial charge in [-0.15, -0.1) is 0 Å². The van der Waals surface area contributed by atoms with E-state index in [-0.39, 0.29) is 5.41 Å². The average Bonchev–Trinajstić information content (AvgIpc) is 2.45. The number of ether oxygens (including phenoxy) is 2. The molecule has 0 amide bonds. The maximum absolute atomic E-state index is 5.74. The van der Waals surface area contributed by atoms with Crippen LogP contribution in [-0.4, -0.2) is 14.2 Å². The summed E-state index contributed by atoms with van der Waals surface area (Å²) in [5, 5.41) is 2.22. The molecule has 0 aromatic heterocycles. The third kappa shape index (κ3) is 2.47. The average molecular weight is 272 g/mol. The summed E-state index contributed by atoms with van der Waals surface area (Å²) < 4.78 is 11.3. The van der Waals surface area contributed by atoms with Crippen LogP contribution in [0.25, 0.3) is 10.8 Å². The molecule has 0 heterocycles. The van der Waals surface area contributed by atoms with E-state index in [4.69, 9.17) is 9.47 Å². The molecule has 0 radical (unpaired) electrons. The molecular formula is C18H24O2. The van der Waals surface area contributed by atoms with Gasteiger partial charge in [0.05, 0.1) is 14.2 Å². The molecule has 0 atom stereocenters. The molecule has 0 aliphatic carbocycles. The lowest BCUT2D eigenvalue weighted by Crippen LogP contribution is -2.18. The second-order valence-electron chi connectivity index (χ2n) is 5.84. The summed E-state index contributed by atoms with van der Waals surface area (Å²) in [7, 11) is 3.48. The predicted molar refractivity (Wildman–Crippen MR) is 85.0 cm³/mol. The Morgan fingerprint density at radius 3 is 2.20 bits per heavy atom. The van der Waals surface area contributed by atoms with Gasteiger partial charge in [-0.2, -0.15) is 0 Å². The molecule has 0 aliphatic rings. The summed E-state index contributed by atoms with van der Waals surface area (Å²) in [5.41, 5.74) is 1.29. The lowest BCUT2D eigenvalue weighted by atomic mass is 9.79. The fourth-order valence-electron chi connectivity index (χ4n) is 2.97. The van der Waals surface area contributed by atoms with Gasteiger partial charge in [0, 0.05) is 16.3 Å². The standard InChI is InChI=1S/C18H24O2/c1-6-11-18(2,3)15-12-16(19-4)13-9-7-8-10-14(13)17(15)20-5/h7-10,12H,6,11H2,1-5H3. The summed E-state index contributed by atoms with van der Waals surface area (Å²) in [6.45, 7) is 6.75. The van der Waals surface area contributed by atoms with Crippen LogP contribution >= 0.6 is 0 Å². The van der Waals surface area contributed by atoms with E-state index in [1.54, 1.807) is 14.2 Å². The lowest BCUT2D eigenvalue weighted by Gasteiger charge is -2.28. The minimum Gasteiger partial charge on any atom is -0.496 e. The molecule has 0 spiro atoms. The van der Waals surface area contributed by atoms with Crippen LogP contribution in [0.15, 0.2) is 30.3 Å². The highest BCUT2D eigenvalue weighted by molar-refractivity contribution is 5.94. The van der Waals surface area contributed by atoms with Gasteiger partial charge in [-0.25, -0.2) is 0 Å². The minimum atomic E-state index is 0.0669. The van der Waals surface area contributed by atoms with Crippen LogP contribution in [0, 0.1) is 0 Å². The molecule has 2 aromatic carbocycles. The van der Waals surface area contributed by atoms with Crippen LogP contribution in [0.1, 0.15) is 39.2 Å². The summed E-state index contributed by atoms with van der Waals surface area (Å²) in [4.78, 5) is 0. The van der Waals surface area contributed by atoms with Gasteiger partial charge in [0.1, 0.15) is 11.5 Å². The Morgan fingerprint density at radius 2 is 1.65 bits per heavy atom. The van der Waals surface area contributed by atoms with Crippen LogP contribution in [0.5, 0.6) is 11.5 Å². The Bertz CT molecular complexity index is 600. The van der Waals surface area contributed by atoms with Gasteiger partial charge in [0.25, 0.3) is 0 Å². The zero-order chi connectivity index (χ0) is 14.8. The highest BCUT2D eigenvalue weighted by Gasteiger charge is 2.26. The normalized spacial score (nSPS) is 11.7. The first-order valence-electron chi connectivity index (χ1n) is 7.19. The molecule has 0 bridgehead atoms. The summed E-state index contributed by atoms with van der Waals surface area (Å²) >= 11 is 0. The third-order valence-corrected chi connectivity index (χ3v) is 3.99. The van der Waals surface area contributed by atoms with E-state index < -0.39 is 0 Å². The van der Waals surface area contributed by atoms with Gasteiger partial charge in [0.2, 0.25) is 0 Å². The van der Waals surface area contributed by atoms with Gasteiger partial charge < -0.3 is 9.47 Å². The number of rotatable bonds is 5. The Morgan fingerprint density at radius 1 is 1.00 bits per heavy atom. The van der Waals surface area contributed by atoms with Crippen LogP contribution in [0.3, 0.4) is 0 Å². The van der Waals surface area contributed by atoms with Crippen molar-refractivity contribution in [3.63, 3.8) is 0 Å². The Labute approximate surface area is 121 Å². The molecule has 2 rings (SSSR count). The van der Waals surface area contributed by atoms with Crippen molar-refractivity contribution in [3.05, 3.63) is 35.9 Å². The van der Waals surface area contributed by atoms with Crippen molar-refractivity contribution in [1.29, 1.82) is 0 Å². The lowest BCUT2D eigenvalue weighted by molar-refractivity contribution is 0.382. The Hall–Kier alpha value is -1.70. The monoisotopic (exact) mass is 272 g/mol. The number of fused-ring (bicyclic) bond motifs is 1. The zero-order valence-corrected chi connectivity index (χ0v) is 13.1. The quantitative estimate of drug-likeness (QED) is 0.768. The first kappa shape index (κ1) is 14.7. The number of benzene rings is 2. The van der Waals surface area contributed by atoms with E-state index in [2.05, 4.69) is 39.0 Å². The molecular weight excluding hydrogens is 248 g/mol. The topological polar surface area (TPSA) is 18.5 Å². The largest absolute Gasteiger partial charge is 0.496 e.